The second-order valence-corrected chi connectivity index (χ2v) is 9.29. The van der Waals surface area contributed by atoms with E-state index in [-0.39, 0.29) is 11.6 Å². The molecule has 9 nitrogen and oxygen atoms in total. The molecule has 0 amide bonds. The number of rotatable bonds is 4. The number of hydrogen-bond donors (Lipinski definition) is 1. The molecule has 1 saturated heterocycles. The van der Waals surface area contributed by atoms with Gasteiger partial charge in [0, 0.05) is 19.1 Å². The zero-order valence-corrected chi connectivity index (χ0v) is 20.7. The number of hydrogen-bond acceptors (Lipinski definition) is 7. The lowest BCUT2D eigenvalue weighted by molar-refractivity contribution is 0.496. The number of benzene rings is 1. The first kappa shape index (κ1) is 23.0. The van der Waals surface area contributed by atoms with Gasteiger partial charge < -0.3 is 10.6 Å². The minimum atomic E-state index is -0.190. The first-order valence-electron chi connectivity index (χ1n) is 12.0. The topological polar surface area (TPSA) is 108 Å². The van der Waals surface area contributed by atoms with Crippen LogP contribution in [0.4, 0.5) is 5.95 Å². The van der Waals surface area contributed by atoms with Gasteiger partial charge in [-0.3, -0.25) is 9.36 Å². The van der Waals surface area contributed by atoms with Crippen LogP contribution < -0.4 is 16.2 Å². The van der Waals surface area contributed by atoms with Crippen LogP contribution in [0.2, 0.25) is 0 Å². The standard InChI is InChI=1S/C26H30N8O/c1-5-6-10-33-24-22(31-26(33)32-9-7-8-20(27)15-32)13-28-34(25(24)35)14-19-11-16(2)23-21(12-19)29-17(3)18(4)30-23/h11-13,20H,7-10,14-15,27H2,1-4H3. The maximum absolute atomic E-state index is 13.6. The number of nitrogens with two attached hydrogens (primary N) is 1. The third kappa shape index (κ3) is 4.26. The van der Waals surface area contributed by atoms with Crippen molar-refractivity contribution in [2.45, 2.75) is 59.7 Å². The van der Waals surface area contributed by atoms with Crippen molar-refractivity contribution in [3.63, 3.8) is 0 Å². The van der Waals surface area contributed by atoms with Crippen LogP contribution in [0, 0.1) is 32.6 Å². The predicted molar refractivity (Wildman–Crippen MR) is 138 cm³/mol. The molecule has 0 aliphatic carbocycles. The SMILES string of the molecule is CC#CCn1c(N2CCCC(N)C2)nc2cnn(Cc3cc(C)c4nc(C)c(C)nc4c3)c(=O)c21. The molecule has 0 spiro atoms. The molecule has 1 fully saturated rings. The molecule has 4 heterocycles. The molecule has 1 aliphatic heterocycles. The number of fused-ring (bicyclic) bond motifs is 2. The molecule has 5 rings (SSSR count). The van der Waals surface area contributed by atoms with Crippen molar-refractivity contribution in [3.8, 4) is 11.8 Å². The van der Waals surface area contributed by atoms with Gasteiger partial charge in [0.25, 0.3) is 5.56 Å². The van der Waals surface area contributed by atoms with Crippen molar-refractivity contribution in [1.82, 2.24) is 29.3 Å². The summed E-state index contributed by atoms with van der Waals surface area (Å²) >= 11 is 0. The molecule has 35 heavy (non-hydrogen) atoms. The second kappa shape index (κ2) is 9.12. The summed E-state index contributed by atoms with van der Waals surface area (Å²) in [6.45, 7) is 10.0. The molecular weight excluding hydrogens is 440 g/mol. The Morgan fingerprint density at radius 3 is 2.69 bits per heavy atom. The lowest BCUT2D eigenvalue weighted by atomic mass is 10.1. The van der Waals surface area contributed by atoms with Crippen molar-refractivity contribution in [2.24, 2.45) is 5.73 Å². The number of aryl methyl sites for hydroxylation is 3. The zero-order chi connectivity index (χ0) is 24.7. The third-order valence-electron chi connectivity index (χ3n) is 6.65. The molecule has 0 radical (unpaired) electrons. The first-order chi connectivity index (χ1) is 16.9. The summed E-state index contributed by atoms with van der Waals surface area (Å²) < 4.78 is 3.40. The minimum Gasteiger partial charge on any atom is -0.341 e. The Kier molecular flexibility index (Phi) is 5.99. The zero-order valence-electron chi connectivity index (χ0n) is 20.7. The Bertz CT molecular complexity index is 1560. The molecule has 0 saturated carbocycles. The number of piperidine rings is 1. The summed E-state index contributed by atoms with van der Waals surface area (Å²) in [5.74, 6) is 6.77. The number of nitrogens with zero attached hydrogens (tertiary/aromatic N) is 7. The minimum absolute atomic E-state index is 0.0933. The van der Waals surface area contributed by atoms with E-state index in [1.807, 2.05) is 37.5 Å². The molecule has 0 bridgehead atoms. The van der Waals surface area contributed by atoms with Crippen LogP contribution in [0.15, 0.2) is 23.1 Å². The van der Waals surface area contributed by atoms with E-state index in [4.69, 9.17) is 15.7 Å². The highest BCUT2D eigenvalue weighted by atomic mass is 16.1. The van der Waals surface area contributed by atoms with Crippen LogP contribution in [-0.4, -0.2) is 48.4 Å². The molecule has 4 aromatic rings. The summed E-state index contributed by atoms with van der Waals surface area (Å²) in [7, 11) is 0. The van der Waals surface area contributed by atoms with Crippen LogP contribution in [-0.2, 0) is 13.1 Å². The number of anilines is 1. The Morgan fingerprint density at radius 1 is 1.11 bits per heavy atom. The van der Waals surface area contributed by atoms with Crippen molar-refractivity contribution in [1.29, 1.82) is 0 Å². The van der Waals surface area contributed by atoms with Gasteiger partial charge in [0.05, 0.1) is 41.7 Å². The highest BCUT2D eigenvalue weighted by Crippen LogP contribution is 2.24. The lowest BCUT2D eigenvalue weighted by Gasteiger charge is -2.31. The molecule has 1 aromatic carbocycles. The van der Waals surface area contributed by atoms with Gasteiger partial charge in [-0.1, -0.05) is 12.0 Å². The highest BCUT2D eigenvalue weighted by molar-refractivity contribution is 5.79. The maximum Gasteiger partial charge on any atom is 0.293 e. The van der Waals surface area contributed by atoms with E-state index in [9.17, 15) is 4.79 Å². The Labute approximate surface area is 204 Å². The average Bonchev–Trinajstić information content (AvgIpc) is 3.20. The van der Waals surface area contributed by atoms with E-state index in [1.54, 1.807) is 13.1 Å². The van der Waals surface area contributed by atoms with E-state index in [1.165, 1.54) is 4.68 Å². The van der Waals surface area contributed by atoms with Crippen LogP contribution in [0.25, 0.3) is 22.1 Å². The summed E-state index contributed by atoms with van der Waals surface area (Å²) in [6.07, 6.45) is 3.66. The number of imidazole rings is 1. The molecule has 2 N–H and O–H groups in total. The van der Waals surface area contributed by atoms with Gasteiger partial charge in [-0.25, -0.2) is 19.6 Å². The number of aromatic nitrogens is 6. The van der Waals surface area contributed by atoms with Gasteiger partial charge in [-0.2, -0.15) is 5.10 Å². The third-order valence-corrected chi connectivity index (χ3v) is 6.65. The Hall–Kier alpha value is -3.77. The fourth-order valence-electron chi connectivity index (χ4n) is 4.77. The fraction of sp³-hybridized carbons (Fsp3) is 0.423. The smallest absolute Gasteiger partial charge is 0.293 e. The van der Waals surface area contributed by atoms with Crippen molar-refractivity contribution in [2.75, 3.05) is 18.0 Å². The van der Waals surface area contributed by atoms with Crippen LogP contribution in [0.5, 0.6) is 0 Å². The molecule has 9 heteroatoms. The summed E-state index contributed by atoms with van der Waals surface area (Å²) in [5, 5.41) is 4.45. The second-order valence-electron chi connectivity index (χ2n) is 9.29. The summed E-state index contributed by atoms with van der Waals surface area (Å²) in [4.78, 5) is 30.0. The normalized spacial score (nSPS) is 16.0. The van der Waals surface area contributed by atoms with E-state index >= 15 is 0 Å². The quantitative estimate of drug-likeness (QED) is 0.457. The first-order valence-corrected chi connectivity index (χ1v) is 12.0. The van der Waals surface area contributed by atoms with Gasteiger partial charge in [-0.05, 0) is 57.7 Å². The van der Waals surface area contributed by atoms with Gasteiger partial charge in [0.1, 0.15) is 11.0 Å². The Morgan fingerprint density at radius 2 is 1.91 bits per heavy atom. The lowest BCUT2D eigenvalue weighted by Crippen LogP contribution is -2.44. The van der Waals surface area contributed by atoms with Crippen molar-refractivity contribution >= 4 is 28.0 Å². The van der Waals surface area contributed by atoms with Crippen molar-refractivity contribution < 1.29 is 0 Å². The molecule has 180 valence electrons. The highest BCUT2D eigenvalue weighted by Gasteiger charge is 2.24. The van der Waals surface area contributed by atoms with Crippen molar-refractivity contribution in [3.05, 3.63) is 51.2 Å². The van der Waals surface area contributed by atoms with E-state index in [0.29, 0.717) is 30.7 Å². The fourth-order valence-corrected chi connectivity index (χ4v) is 4.77. The van der Waals surface area contributed by atoms with Crippen LogP contribution >= 0.6 is 0 Å². The van der Waals surface area contributed by atoms with Gasteiger partial charge in [0.15, 0.2) is 0 Å². The molecule has 1 unspecified atom stereocenters. The molecular formula is C26H30N8O. The van der Waals surface area contributed by atoms with Crippen LogP contribution in [0.3, 0.4) is 0 Å². The molecule has 3 aromatic heterocycles. The average molecular weight is 471 g/mol. The predicted octanol–water partition coefficient (Wildman–Crippen LogP) is 2.46. The summed E-state index contributed by atoms with van der Waals surface area (Å²) in [5.41, 5.74) is 12.6. The largest absolute Gasteiger partial charge is 0.341 e. The Balaban J connectivity index is 1.59. The van der Waals surface area contributed by atoms with E-state index < -0.39 is 0 Å². The molecule has 1 atom stereocenters. The van der Waals surface area contributed by atoms with Gasteiger partial charge in [0.2, 0.25) is 5.95 Å². The maximum atomic E-state index is 13.6. The summed E-state index contributed by atoms with van der Waals surface area (Å²) in [6, 6.07) is 4.13. The van der Waals surface area contributed by atoms with E-state index in [2.05, 4.69) is 26.8 Å². The van der Waals surface area contributed by atoms with Gasteiger partial charge >= 0.3 is 0 Å². The monoisotopic (exact) mass is 470 g/mol. The van der Waals surface area contributed by atoms with Gasteiger partial charge in [-0.15, -0.1) is 5.92 Å². The molecule has 1 aliphatic rings. The van der Waals surface area contributed by atoms with E-state index in [0.717, 1.165) is 58.9 Å². The van der Waals surface area contributed by atoms with Crippen LogP contribution in [0.1, 0.15) is 42.3 Å².